The number of ether oxygens (including phenoxy) is 2. The van der Waals surface area contributed by atoms with E-state index in [0.29, 0.717) is 55.4 Å². The molecule has 8 nitrogen and oxygen atoms in total. The lowest BCUT2D eigenvalue weighted by Gasteiger charge is -2.14. The van der Waals surface area contributed by atoms with Crippen molar-refractivity contribution in [2.75, 3.05) is 13.2 Å². The number of phenolic OH excluding ortho intramolecular Hbond substituents is 1. The Kier molecular flexibility index (Phi) is 9.11. The van der Waals surface area contributed by atoms with Gasteiger partial charge >= 0.3 is 0 Å². The minimum atomic E-state index is -0.163. The predicted octanol–water partition coefficient (Wildman–Crippen LogP) is 2.62. The summed E-state index contributed by atoms with van der Waals surface area (Å²) in [5, 5.41) is 14.1. The number of hydrogen-bond acceptors (Lipinski definition) is 7. The molecule has 0 amide bonds. The Morgan fingerprint density at radius 3 is 2.53 bits per heavy atom. The average molecular weight is 415 g/mol. The Morgan fingerprint density at radius 1 is 1.17 bits per heavy atom. The Labute approximate surface area is 176 Å². The van der Waals surface area contributed by atoms with E-state index in [1.54, 1.807) is 12.1 Å². The predicted molar refractivity (Wildman–Crippen MR) is 116 cm³/mol. The zero-order valence-corrected chi connectivity index (χ0v) is 17.5. The van der Waals surface area contributed by atoms with E-state index in [4.69, 9.17) is 21.1 Å². The number of hydrazine groups is 1. The van der Waals surface area contributed by atoms with Crippen LogP contribution in [-0.2, 0) is 17.8 Å². The van der Waals surface area contributed by atoms with E-state index >= 15 is 0 Å². The average Bonchev–Trinajstić information content (AvgIpc) is 2.73. The highest BCUT2D eigenvalue weighted by atomic mass is 16.5. The molecule has 2 aromatic carbocycles. The zero-order chi connectivity index (χ0) is 21.9. The van der Waals surface area contributed by atoms with E-state index in [1.165, 1.54) is 6.92 Å². The van der Waals surface area contributed by atoms with Gasteiger partial charge in [0.05, 0.1) is 25.4 Å². The molecule has 0 fully saturated rings. The first kappa shape index (κ1) is 23.2. The summed E-state index contributed by atoms with van der Waals surface area (Å²) in [6, 6.07) is 10.9. The van der Waals surface area contributed by atoms with E-state index in [9.17, 15) is 9.90 Å². The van der Waals surface area contributed by atoms with Crippen LogP contribution < -0.4 is 21.8 Å². The summed E-state index contributed by atoms with van der Waals surface area (Å²) in [7, 11) is 0. The molecule has 0 aliphatic rings. The molecule has 0 unspecified atom stereocenters. The third kappa shape index (κ3) is 6.47. The number of hydrazone groups is 1. The van der Waals surface area contributed by atoms with Gasteiger partial charge in [-0.3, -0.25) is 4.79 Å². The van der Waals surface area contributed by atoms with Gasteiger partial charge in [0.2, 0.25) is 0 Å². The summed E-state index contributed by atoms with van der Waals surface area (Å²) in [6.07, 6.45) is 2.18. The van der Waals surface area contributed by atoms with Crippen molar-refractivity contribution in [3.8, 4) is 11.5 Å². The molecule has 8 heteroatoms. The van der Waals surface area contributed by atoms with Gasteiger partial charge in [-0.25, -0.2) is 11.4 Å². The lowest BCUT2D eigenvalue weighted by molar-refractivity contribution is 0.101. The second kappa shape index (κ2) is 11.8. The smallest absolute Gasteiger partial charge is 0.163 e. The number of Topliss-reactive ketones (excluding diaryl/α,β-unsaturated/α-hetero) is 1. The minimum Gasteiger partial charge on any atom is -0.507 e. The van der Waals surface area contributed by atoms with Crippen LogP contribution in [-0.4, -0.2) is 29.9 Å². The fraction of sp³-hybridized carbons (Fsp3) is 0.364. The van der Waals surface area contributed by atoms with Gasteiger partial charge in [-0.05, 0) is 31.0 Å². The molecule has 2 aromatic rings. The Morgan fingerprint density at radius 2 is 1.90 bits per heavy atom. The first-order valence-electron chi connectivity index (χ1n) is 9.92. The molecular formula is C22H30N4O4. The number of nitrogens with one attached hydrogen (secondary N) is 1. The summed E-state index contributed by atoms with van der Waals surface area (Å²) >= 11 is 0. The molecule has 0 aliphatic carbocycles. The SMILES string of the molecule is CCCc1c(OCCCOCc2ccc(/C(N)=N/NN)cc2)ccc(C(C)=O)c1O. The number of nitrogens with two attached hydrogens (primary N) is 2. The van der Waals surface area contributed by atoms with E-state index < -0.39 is 0 Å². The summed E-state index contributed by atoms with van der Waals surface area (Å²) in [5.74, 6) is 5.90. The van der Waals surface area contributed by atoms with Crippen LogP contribution in [0.4, 0.5) is 0 Å². The maximum Gasteiger partial charge on any atom is 0.163 e. The summed E-state index contributed by atoms with van der Waals surface area (Å²) in [4.78, 5) is 11.6. The fourth-order valence-corrected chi connectivity index (χ4v) is 2.97. The highest BCUT2D eigenvalue weighted by Gasteiger charge is 2.15. The molecule has 0 saturated heterocycles. The third-order valence-electron chi connectivity index (χ3n) is 4.51. The number of nitrogens with zero attached hydrogens (tertiary/aromatic N) is 1. The van der Waals surface area contributed by atoms with Gasteiger partial charge in [0.25, 0.3) is 0 Å². The molecule has 0 spiro atoms. The van der Waals surface area contributed by atoms with Crippen LogP contribution in [0.25, 0.3) is 0 Å². The van der Waals surface area contributed by atoms with E-state index in [2.05, 4.69) is 10.6 Å². The number of carbonyl (C=O) groups excluding carboxylic acids is 1. The molecule has 0 radical (unpaired) electrons. The van der Waals surface area contributed by atoms with Gasteiger partial charge in [-0.15, -0.1) is 5.10 Å². The van der Waals surface area contributed by atoms with Crippen molar-refractivity contribution in [3.63, 3.8) is 0 Å². The summed E-state index contributed by atoms with van der Waals surface area (Å²) < 4.78 is 11.5. The van der Waals surface area contributed by atoms with Crippen molar-refractivity contribution in [3.05, 3.63) is 58.7 Å². The van der Waals surface area contributed by atoms with Crippen molar-refractivity contribution < 1.29 is 19.4 Å². The number of carbonyl (C=O) groups is 1. The molecule has 0 saturated carbocycles. The Hall–Kier alpha value is -3.10. The maximum atomic E-state index is 11.6. The molecule has 30 heavy (non-hydrogen) atoms. The normalized spacial score (nSPS) is 11.4. The molecular weight excluding hydrogens is 384 g/mol. The third-order valence-corrected chi connectivity index (χ3v) is 4.51. The number of benzene rings is 2. The van der Waals surface area contributed by atoms with Crippen molar-refractivity contribution in [2.45, 2.75) is 39.7 Å². The van der Waals surface area contributed by atoms with Crippen LogP contribution in [0, 0.1) is 0 Å². The highest BCUT2D eigenvalue weighted by molar-refractivity contribution is 5.97. The molecule has 2 rings (SSSR count). The standard InChI is InChI=1S/C22H30N4O4/c1-3-5-19-20(11-10-18(15(2)27)21(19)28)30-13-4-12-29-14-16-6-8-17(9-7-16)22(23)25-26-24/h6-11,26,28H,3-5,12-14,24H2,1-2H3,(H2,23,25). The number of amidine groups is 1. The van der Waals surface area contributed by atoms with Gasteiger partial charge < -0.3 is 20.3 Å². The van der Waals surface area contributed by atoms with Gasteiger partial charge in [0.15, 0.2) is 11.6 Å². The molecule has 0 bridgehead atoms. The number of aromatic hydroxyl groups is 1. The van der Waals surface area contributed by atoms with Crippen molar-refractivity contribution >= 4 is 11.6 Å². The van der Waals surface area contributed by atoms with Crippen LogP contribution in [0.5, 0.6) is 11.5 Å². The lowest BCUT2D eigenvalue weighted by Crippen LogP contribution is -2.22. The van der Waals surface area contributed by atoms with E-state index in [0.717, 1.165) is 17.5 Å². The molecule has 0 aliphatic heterocycles. The maximum absolute atomic E-state index is 11.6. The Balaban J connectivity index is 1.80. The summed E-state index contributed by atoms with van der Waals surface area (Å²) in [5.41, 5.74) is 10.7. The monoisotopic (exact) mass is 414 g/mol. The quantitative estimate of drug-likeness (QED) is 0.105. The van der Waals surface area contributed by atoms with Crippen molar-refractivity contribution in [1.29, 1.82) is 0 Å². The topological polar surface area (TPSA) is 132 Å². The lowest BCUT2D eigenvalue weighted by atomic mass is 10.0. The highest BCUT2D eigenvalue weighted by Crippen LogP contribution is 2.33. The molecule has 0 heterocycles. The number of hydrogen-bond donors (Lipinski definition) is 4. The van der Waals surface area contributed by atoms with Crippen LogP contribution in [0.15, 0.2) is 41.5 Å². The van der Waals surface area contributed by atoms with Gasteiger partial charge in [-0.1, -0.05) is 37.6 Å². The van der Waals surface area contributed by atoms with E-state index in [-0.39, 0.29) is 11.5 Å². The van der Waals surface area contributed by atoms with Crippen LogP contribution >= 0.6 is 0 Å². The summed E-state index contributed by atoms with van der Waals surface area (Å²) in [6.45, 7) is 4.91. The molecule has 162 valence electrons. The second-order valence-corrected chi connectivity index (χ2v) is 6.82. The number of phenols is 1. The van der Waals surface area contributed by atoms with Crippen LogP contribution in [0.3, 0.4) is 0 Å². The number of rotatable bonds is 12. The largest absolute Gasteiger partial charge is 0.507 e. The van der Waals surface area contributed by atoms with Gasteiger partial charge in [0, 0.05) is 17.5 Å². The van der Waals surface area contributed by atoms with Gasteiger partial charge in [-0.2, -0.15) is 0 Å². The van der Waals surface area contributed by atoms with Crippen molar-refractivity contribution in [2.24, 2.45) is 16.7 Å². The van der Waals surface area contributed by atoms with E-state index in [1.807, 2.05) is 31.2 Å². The first-order valence-corrected chi connectivity index (χ1v) is 9.92. The Bertz CT molecular complexity index is 866. The number of ketones is 1. The molecule has 6 N–H and O–H groups in total. The second-order valence-electron chi connectivity index (χ2n) is 6.82. The zero-order valence-electron chi connectivity index (χ0n) is 17.5. The minimum absolute atomic E-state index is 0.0227. The fourth-order valence-electron chi connectivity index (χ4n) is 2.97. The molecule has 0 aromatic heterocycles. The first-order chi connectivity index (χ1) is 14.5. The van der Waals surface area contributed by atoms with Crippen LogP contribution in [0.2, 0.25) is 0 Å². The van der Waals surface area contributed by atoms with Crippen LogP contribution in [0.1, 0.15) is 53.7 Å². The van der Waals surface area contributed by atoms with Crippen molar-refractivity contribution in [1.82, 2.24) is 5.53 Å². The molecule has 0 atom stereocenters. The van der Waals surface area contributed by atoms with Gasteiger partial charge in [0.1, 0.15) is 11.5 Å².